The first-order chi connectivity index (χ1) is 12.0. The molecule has 0 radical (unpaired) electrons. The van der Waals surface area contributed by atoms with Crippen molar-refractivity contribution in [3.05, 3.63) is 29.8 Å². The highest BCUT2D eigenvalue weighted by molar-refractivity contribution is 5.79. The maximum atomic E-state index is 12.6. The van der Waals surface area contributed by atoms with E-state index in [1.165, 1.54) is 12.1 Å². The lowest BCUT2D eigenvalue weighted by Crippen LogP contribution is -2.39. The van der Waals surface area contributed by atoms with Gasteiger partial charge in [0.25, 0.3) is 0 Å². The van der Waals surface area contributed by atoms with Gasteiger partial charge in [-0.3, -0.25) is 4.99 Å². The van der Waals surface area contributed by atoms with E-state index < -0.39 is 11.7 Å². The number of guanidine groups is 1. The Hall–Kier alpha value is -1.96. The minimum Gasteiger partial charge on any atom is -0.492 e. The molecule has 0 saturated heterocycles. The second-order valence-corrected chi connectivity index (χ2v) is 5.20. The Morgan fingerprint density at radius 2 is 1.88 bits per heavy atom. The van der Waals surface area contributed by atoms with E-state index in [2.05, 4.69) is 15.6 Å². The number of nitrogens with zero attached hydrogens (tertiary/aromatic N) is 1. The first kappa shape index (κ1) is 21.1. The van der Waals surface area contributed by atoms with Gasteiger partial charge in [0.1, 0.15) is 12.4 Å². The highest BCUT2D eigenvalue weighted by Gasteiger charge is 2.30. The third kappa shape index (κ3) is 9.19. The van der Waals surface area contributed by atoms with E-state index in [4.69, 9.17) is 9.47 Å². The first-order valence-corrected chi connectivity index (χ1v) is 8.29. The summed E-state index contributed by atoms with van der Waals surface area (Å²) in [6, 6.07) is 4.84. The molecule has 0 aliphatic carbocycles. The number of rotatable bonds is 10. The molecular formula is C17H26F3N3O2. The minimum atomic E-state index is -4.37. The lowest BCUT2D eigenvalue weighted by atomic mass is 10.2. The Morgan fingerprint density at radius 3 is 2.56 bits per heavy atom. The number of unbranched alkanes of at least 4 members (excludes halogenated alkanes) is 1. The highest BCUT2D eigenvalue weighted by atomic mass is 19.4. The van der Waals surface area contributed by atoms with Gasteiger partial charge in [0.05, 0.1) is 12.1 Å². The first-order valence-electron chi connectivity index (χ1n) is 8.29. The lowest BCUT2D eigenvalue weighted by molar-refractivity contribution is -0.137. The Labute approximate surface area is 146 Å². The van der Waals surface area contributed by atoms with E-state index in [1.54, 1.807) is 7.05 Å². The lowest BCUT2D eigenvalue weighted by Gasteiger charge is -2.13. The summed E-state index contributed by atoms with van der Waals surface area (Å²) in [4.78, 5) is 4.07. The van der Waals surface area contributed by atoms with Gasteiger partial charge in [-0.15, -0.1) is 0 Å². The van der Waals surface area contributed by atoms with Gasteiger partial charge in [0, 0.05) is 26.8 Å². The molecule has 1 rings (SSSR count). The largest absolute Gasteiger partial charge is 0.492 e. The summed E-state index contributed by atoms with van der Waals surface area (Å²) in [7, 11) is 1.66. The fraction of sp³-hybridized carbons (Fsp3) is 0.588. The van der Waals surface area contributed by atoms with Crippen LogP contribution in [-0.2, 0) is 10.9 Å². The van der Waals surface area contributed by atoms with Crippen molar-refractivity contribution in [1.29, 1.82) is 0 Å². The number of hydrogen-bond donors (Lipinski definition) is 2. The van der Waals surface area contributed by atoms with E-state index in [-0.39, 0.29) is 12.4 Å². The molecule has 8 heteroatoms. The number of halogens is 3. The number of benzene rings is 1. The van der Waals surface area contributed by atoms with Crippen molar-refractivity contribution in [3.8, 4) is 5.75 Å². The summed E-state index contributed by atoms with van der Waals surface area (Å²) in [5.74, 6) is 0.819. The zero-order valence-corrected chi connectivity index (χ0v) is 14.7. The normalized spacial score (nSPS) is 12.1. The molecule has 5 nitrogen and oxygen atoms in total. The molecule has 0 amide bonds. The molecule has 0 unspecified atom stereocenters. The maximum Gasteiger partial charge on any atom is 0.416 e. The third-order valence-electron chi connectivity index (χ3n) is 3.26. The molecular weight excluding hydrogens is 335 g/mol. The minimum absolute atomic E-state index is 0.190. The summed E-state index contributed by atoms with van der Waals surface area (Å²) >= 11 is 0. The fourth-order valence-corrected chi connectivity index (χ4v) is 2.00. The van der Waals surface area contributed by atoms with Crippen molar-refractivity contribution in [3.63, 3.8) is 0 Å². The molecule has 0 saturated carbocycles. The molecule has 0 aromatic heterocycles. The molecule has 25 heavy (non-hydrogen) atoms. The van der Waals surface area contributed by atoms with Crippen molar-refractivity contribution in [1.82, 2.24) is 10.6 Å². The number of ether oxygens (including phenoxy) is 2. The highest BCUT2D eigenvalue weighted by Crippen LogP contribution is 2.31. The van der Waals surface area contributed by atoms with E-state index in [1.807, 2.05) is 6.92 Å². The molecule has 0 fully saturated rings. The van der Waals surface area contributed by atoms with E-state index in [0.29, 0.717) is 12.5 Å². The second-order valence-electron chi connectivity index (χ2n) is 5.20. The molecule has 0 spiro atoms. The summed E-state index contributed by atoms with van der Waals surface area (Å²) in [6.45, 7) is 4.85. The predicted molar refractivity (Wildman–Crippen MR) is 92.0 cm³/mol. The van der Waals surface area contributed by atoms with Crippen molar-refractivity contribution in [2.24, 2.45) is 4.99 Å². The van der Waals surface area contributed by atoms with Crippen LogP contribution in [0.4, 0.5) is 13.2 Å². The van der Waals surface area contributed by atoms with E-state index in [9.17, 15) is 13.2 Å². The number of hydrogen-bond acceptors (Lipinski definition) is 3. The molecule has 0 aliphatic heterocycles. The van der Waals surface area contributed by atoms with Crippen LogP contribution in [0.15, 0.2) is 29.3 Å². The van der Waals surface area contributed by atoms with Crippen LogP contribution in [0, 0.1) is 0 Å². The monoisotopic (exact) mass is 361 g/mol. The predicted octanol–water partition coefficient (Wildman–Crippen LogP) is 3.07. The zero-order chi connectivity index (χ0) is 18.5. The molecule has 142 valence electrons. The van der Waals surface area contributed by atoms with Crippen LogP contribution in [0.3, 0.4) is 0 Å². The topological polar surface area (TPSA) is 54.9 Å². The van der Waals surface area contributed by atoms with Crippen LogP contribution < -0.4 is 15.4 Å². The summed E-state index contributed by atoms with van der Waals surface area (Å²) in [6.07, 6.45) is -2.44. The average molecular weight is 361 g/mol. The zero-order valence-electron chi connectivity index (χ0n) is 14.7. The van der Waals surface area contributed by atoms with Crippen molar-refractivity contribution < 1.29 is 22.6 Å². The van der Waals surface area contributed by atoms with Gasteiger partial charge in [-0.2, -0.15) is 13.2 Å². The van der Waals surface area contributed by atoms with Gasteiger partial charge >= 0.3 is 6.18 Å². The van der Waals surface area contributed by atoms with Crippen LogP contribution in [0.25, 0.3) is 0 Å². The Morgan fingerprint density at radius 1 is 1.12 bits per heavy atom. The fourth-order valence-electron chi connectivity index (χ4n) is 2.00. The van der Waals surface area contributed by atoms with E-state index >= 15 is 0 Å². The van der Waals surface area contributed by atoms with Crippen molar-refractivity contribution in [2.45, 2.75) is 25.9 Å². The van der Waals surface area contributed by atoms with Gasteiger partial charge in [0.2, 0.25) is 0 Å². The molecule has 2 N–H and O–H groups in total. The quantitative estimate of drug-likeness (QED) is 0.382. The molecule has 0 bridgehead atoms. The van der Waals surface area contributed by atoms with Gasteiger partial charge in [-0.25, -0.2) is 0 Å². The van der Waals surface area contributed by atoms with Gasteiger partial charge in [0.15, 0.2) is 5.96 Å². The standard InChI is InChI=1S/C17H26F3N3O2/c1-3-24-11-5-4-9-22-16(21-2)23-10-12-25-15-8-6-7-14(13-15)17(18,19)20/h6-8,13H,3-5,9-12H2,1-2H3,(H2,21,22,23). The summed E-state index contributed by atoms with van der Waals surface area (Å²) in [5.41, 5.74) is -0.720. The van der Waals surface area contributed by atoms with Crippen LogP contribution >= 0.6 is 0 Å². The Balaban J connectivity index is 2.23. The van der Waals surface area contributed by atoms with Crippen molar-refractivity contribution >= 4 is 5.96 Å². The van der Waals surface area contributed by atoms with Crippen LogP contribution in [0.5, 0.6) is 5.75 Å². The molecule has 1 aromatic rings. The van der Waals surface area contributed by atoms with Gasteiger partial charge < -0.3 is 20.1 Å². The van der Waals surface area contributed by atoms with Gasteiger partial charge in [-0.1, -0.05) is 6.07 Å². The molecule has 0 heterocycles. The molecule has 0 aliphatic rings. The SMILES string of the molecule is CCOCCCCNC(=NC)NCCOc1cccc(C(F)(F)F)c1. The summed E-state index contributed by atoms with van der Waals surface area (Å²) in [5, 5.41) is 6.20. The van der Waals surface area contributed by atoms with Gasteiger partial charge in [-0.05, 0) is 38.0 Å². The third-order valence-corrected chi connectivity index (χ3v) is 3.26. The molecule has 0 atom stereocenters. The van der Waals surface area contributed by atoms with Crippen LogP contribution in [-0.4, -0.2) is 45.9 Å². The van der Waals surface area contributed by atoms with Crippen molar-refractivity contribution in [2.75, 3.05) is 40.0 Å². The molecule has 1 aromatic carbocycles. The maximum absolute atomic E-state index is 12.6. The Kier molecular flexibility index (Phi) is 9.76. The Bertz CT molecular complexity index is 522. The van der Waals surface area contributed by atoms with Crippen LogP contribution in [0.1, 0.15) is 25.3 Å². The number of nitrogens with one attached hydrogen (secondary N) is 2. The van der Waals surface area contributed by atoms with Crippen LogP contribution in [0.2, 0.25) is 0 Å². The summed E-state index contributed by atoms with van der Waals surface area (Å²) < 4.78 is 48.5. The van der Waals surface area contributed by atoms with E-state index in [0.717, 1.165) is 44.7 Å². The average Bonchev–Trinajstić information content (AvgIpc) is 2.59. The number of alkyl halides is 3. The number of aliphatic imine (C=N–C) groups is 1. The smallest absolute Gasteiger partial charge is 0.416 e. The second kappa shape index (κ2) is 11.6.